The van der Waals surface area contributed by atoms with Crippen molar-refractivity contribution in [1.29, 1.82) is 0 Å². The van der Waals surface area contributed by atoms with Crippen LogP contribution < -0.4 is 10.6 Å². The molecule has 0 aromatic carbocycles. The maximum atomic E-state index is 11.7. The summed E-state index contributed by atoms with van der Waals surface area (Å²) >= 11 is 0. The van der Waals surface area contributed by atoms with Crippen molar-refractivity contribution in [3.05, 3.63) is 12.7 Å². The lowest BCUT2D eigenvalue weighted by Gasteiger charge is -2.20. The summed E-state index contributed by atoms with van der Waals surface area (Å²) in [5.74, 6) is 0.266. The van der Waals surface area contributed by atoms with Crippen LogP contribution in [0.5, 0.6) is 0 Å². The molecule has 0 aliphatic heterocycles. The molecule has 0 heterocycles. The maximum absolute atomic E-state index is 11.7. The second-order valence-electron chi connectivity index (χ2n) is 4.44. The molecule has 5 heteroatoms. The molecule has 1 fully saturated rings. The molecule has 1 rings (SSSR count). The fraction of sp³-hybridized carbons (Fsp3) is 0.692. The van der Waals surface area contributed by atoms with E-state index in [1.807, 2.05) is 0 Å². The van der Waals surface area contributed by atoms with Crippen molar-refractivity contribution in [2.24, 2.45) is 5.92 Å². The van der Waals surface area contributed by atoms with Crippen molar-refractivity contribution in [3.63, 3.8) is 0 Å². The third-order valence-corrected chi connectivity index (χ3v) is 3.00. The van der Waals surface area contributed by atoms with Crippen LogP contribution in [0, 0.1) is 5.92 Å². The van der Waals surface area contributed by atoms with Crippen molar-refractivity contribution in [3.8, 4) is 0 Å². The zero-order valence-electron chi connectivity index (χ0n) is 10.7. The zero-order chi connectivity index (χ0) is 13.2. The quantitative estimate of drug-likeness (QED) is 0.559. The highest BCUT2D eigenvalue weighted by atomic mass is 16.5. The summed E-state index contributed by atoms with van der Waals surface area (Å²) in [6.45, 7) is 4.46. The molecule has 0 spiro atoms. The van der Waals surface area contributed by atoms with Crippen LogP contribution in [0.15, 0.2) is 12.7 Å². The van der Waals surface area contributed by atoms with E-state index < -0.39 is 6.09 Å². The molecule has 0 aromatic heterocycles. The Balaban J connectivity index is 2.04. The van der Waals surface area contributed by atoms with E-state index in [0.717, 1.165) is 25.7 Å². The molecule has 0 atom stereocenters. The second-order valence-corrected chi connectivity index (χ2v) is 4.44. The number of carbonyl (C=O) groups excluding carboxylic acids is 2. The Hall–Kier alpha value is -1.52. The Labute approximate surface area is 108 Å². The Morgan fingerprint density at radius 3 is 2.50 bits per heavy atom. The first kappa shape index (κ1) is 14.5. The standard InChI is InChI=1S/C13H22N2O3/c1-2-10-18-13(17)15-9-8-14-12(16)11-6-4-3-5-7-11/h2,11H,1,3-10H2,(H,14,16)(H,15,17). The van der Waals surface area contributed by atoms with Gasteiger partial charge in [-0.2, -0.15) is 0 Å². The van der Waals surface area contributed by atoms with Gasteiger partial charge in [-0.05, 0) is 12.8 Å². The Morgan fingerprint density at radius 2 is 1.83 bits per heavy atom. The largest absolute Gasteiger partial charge is 0.445 e. The first-order valence-electron chi connectivity index (χ1n) is 6.53. The Morgan fingerprint density at radius 1 is 1.17 bits per heavy atom. The van der Waals surface area contributed by atoms with Crippen LogP contribution in [0.2, 0.25) is 0 Å². The minimum Gasteiger partial charge on any atom is -0.445 e. The summed E-state index contributed by atoms with van der Waals surface area (Å²) in [5.41, 5.74) is 0. The lowest BCUT2D eigenvalue weighted by atomic mass is 9.89. The highest BCUT2D eigenvalue weighted by Gasteiger charge is 2.20. The van der Waals surface area contributed by atoms with E-state index in [-0.39, 0.29) is 18.4 Å². The molecule has 102 valence electrons. The second kappa shape index (κ2) is 8.55. The van der Waals surface area contributed by atoms with Crippen molar-refractivity contribution < 1.29 is 14.3 Å². The number of ether oxygens (including phenoxy) is 1. The molecular formula is C13H22N2O3. The summed E-state index contributed by atoms with van der Waals surface area (Å²) < 4.78 is 4.73. The zero-order valence-corrected chi connectivity index (χ0v) is 10.7. The number of amides is 2. The number of carbonyl (C=O) groups is 2. The molecule has 1 aliphatic carbocycles. The van der Waals surface area contributed by atoms with Crippen LogP contribution in [0.1, 0.15) is 32.1 Å². The average Bonchev–Trinajstić information content (AvgIpc) is 2.42. The molecule has 1 aliphatic rings. The van der Waals surface area contributed by atoms with Gasteiger partial charge in [0.15, 0.2) is 0 Å². The molecular weight excluding hydrogens is 232 g/mol. The van der Waals surface area contributed by atoms with Crippen LogP contribution in [-0.2, 0) is 9.53 Å². The Bertz CT molecular complexity index is 286. The topological polar surface area (TPSA) is 67.4 Å². The van der Waals surface area contributed by atoms with Crippen molar-refractivity contribution in [2.45, 2.75) is 32.1 Å². The first-order chi connectivity index (χ1) is 8.74. The minimum atomic E-state index is -0.484. The van der Waals surface area contributed by atoms with Gasteiger partial charge in [-0.15, -0.1) is 0 Å². The van der Waals surface area contributed by atoms with Gasteiger partial charge in [0.1, 0.15) is 6.61 Å². The van der Waals surface area contributed by atoms with E-state index in [1.165, 1.54) is 12.5 Å². The average molecular weight is 254 g/mol. The lowest BCUT2D eigenvalue weighted by molar-refractivity contribution is -0.125. The van der Waals surface area contributed by atoms with Gasteiger partial charge in [0.2, 0.25) is 5.91 Å². The predicted molar refractivity (Wildman–Crippen MR) is 69.1 cm³/mol. The fourth-order valence-electron chi connectivity index (χ4n) is 2.05. The van der Waals surface area contributed by atoms with Gasteiger partial charge in [0, 0.05) is 19.0 Å². The van der Waals surface area contributed by atoms with Gasteiger partial charge in [0.25, 0.3) is 0 Å². The molecule has 0 saturated heterocycles. The molecule has 0 unspecified atom stereocenters. The van der Waals surface area contributed by atoms with Crippen LogP contribution in [-0.4, -0.2) is 31.7 Å². The highest BCUT2D eigenvalue weighted by Crippen LogP contribution is 2.23. The maximum Gasteiger partial charge on any atom is 0.407 e. The summed E-state index contributed by atoms with van der Waals surface area (Å²) in [6.07, 6.45) is 6.52. The third-order valence-electron chi connectivity index (χ3n) is 3.00. The fourth-order valence-corrected chi connectivity index (χ4v) is 2.05. The normalized spacial score (nSPS) is 15.8. The third kappa shape index (κ3) is 5.70. The molecule has 0 radical (unpaired) electrons. The molecule has 0 aromatic rings. The van der Waals surface area contributed by atoms with Crippen LogP contribution in [0.3, 0.4) is 0 Å². The lowest BCUT2D eigenvalue weighted by Crippen LogP contribution is -2.38. The molecule has 2 amide bonds. The summed E-state index contributed by atoms with van der Waals surface area (Å²) in [4.78, 5) is 22.8. The Kier molecular flexibility index (Phi) is 6.91. The summed E-state index contributed by atoms with van der Waals surface area (Å²) in [7, 11) is 0. The van der Waals surface area contributed by atoms with Crippen molar-refractivity contribution in [2.75, 3.05) is 19.7 Å². The molecule has 2 N–H and O–H groups in total. The van der Waals surface area contributed by atoms with Crippen molar-refractivity contribution >= 4 is 12.0 Å². The van der Waals surface area contributed by atoms with Crippen LogP contribution >= 0.6 is 0 Å². The SMILES string of the molecule is C=CCOC(=O)NCCNC(=O)C1CCCCC1. The van der Waals surface area contributed by atoms with E-state index in [2.05, 4.69) is 17.2 Å². The van der Waals surface area contributed by atoms with E-state index in [9.17, 15) is 9.59 Å². The first-order valence-corrected chi connectivity index (χ1v) is 6.53. The van der Waals surface area contributed by atoms with Crippen LogP contribution in [0.25, 0.3) is 0 Å². The smallest absolute Gasteiger partial charge is 0.407 e. The predicted octanol–water partition coefficient (Wildman–Crippen LogP) is 1.60. The summed E-state index contributed by atoms with van der Waals surface area (Å²) in [5, 5.41) is 5.39. The molecule has 18 heavy (non-hydrogen) atoms. The number of nitrogens with one attached hydrogen (secondary N) is 2. The number of hydrogen-bond donors (Lipinski definition) is 2. The van der Waals surface area contributed by atoms with Crippen LogP contribution in [0.4, 0.5) is 4.79 Å². The van der Waals surface area contributed by atoms with E-state index in [0.29, 0.717) is 13.1 Å². The van der Waals surface area contributed by atoms with Gasteiger partial charge in [-0.3, -0.25) is 4.79 Å². The van der Waals surface area contributed by atoms with Gasteiger partial charge in [-0.1, -0.05) is 31.9 Å². The highest BCUT2D eigenvalue weighted by molar-refractivity contribution is 5.78. The van der Waals surface area contributed by atoms with Gasteiger partial charge in [0.05, 0.1) is 0 Å². The number of alkyl carbamates (subject to hydrolysis) is 1. The number of hydrogen-bond acceptors (Lipinski definition) is 3. The van der Waals surface area contributed by atoms with Crippen molar-refractivity contribution in [1.82, 2.24) is 10.6 Å². The molecule has 1 saturated carbocycles. The van der Waals surface area contributed by atoms with Gasteiger partial charge in [-0.25, -0.2) is 4.79 Å². The van der Waals surface area contributed by atoms with Gasteiger partial charge < -0.3 is 15.4 Å². The van der Waals surface area contributed by atoms with E-state index in [1.54, 1.807) is 0 Å². The molecule has 5 nitrogen and oxygen atoms in total. The number of rotatable bonds is 6. The summed E-state index contributed by atoms with van der Waals surface area (Å²) in [6, 6.07) is 0. The molecule has 0 bridgehead atoms. The van der Waals surface area contributed by atoms with Gasteiger partial charge >= 0.3 is 6.09 Å². The van der Waals surface area contributed by atoms with E-state index >= 15 is 0 Å². The van der Waals surface area contributed by atoms with E-state index in [4.69, 9.17) is 4.74 Å². The minimum absolute atomic E-state index is 0.107. The monoisotopic (exact) mass is 254 g/mol.